The number of aromatic nitrogens is 3. The van der Waals surface area contributed by atoms with Gasteiger partial charge in [0, 0.05) is 20.4 Å². The van der Waals surface area contributed by atoms with Crippen molar-refractivity contribution in [2.75, 3.05) is 0 Å². The van der Waals surface area contributed by atoms with Crippen LogP contribution in [0.4, 0.5) is 0 Å². The normalized spacial score (nSPS) is 10.3. The Morgan fingerprint density at radius 2 is 0.253 bits per heavy atom. The molecule has 13 aromatic rings. The van der Waals surface area contributed by atoms with Gasteiger partial charge in [-0.2, -0.15) is 0 Å². The second-order valence-corrected chi connectivity index (χ2v) is 27.1. The molecule has 0 bridgehead atoms. The molecule has 83 heavy (non-hydrogen) atoms. The Morgan fingerprint density at radius 1 is 0.145 bits per heavy atom. The van der Waals surface area contributed by atoms with E-state index >= 15 is 0 Å². The van der Waals surface area contributed by atoms with E-state index in [1.807, 2.05) is 0 Å². The molecule has 0 aliphatic heterocycles. The molecule has 0 fully saturated rings. The van der Waals surface area contributed by atoms with Gasteiger partial charge < -0.3 is 0 Å². The summed E-state index contributed by atoms with van der Waals surface area (Å²) in [6.45, 7) is 0. The summed E-state index contributed by atoms with van der Waals surface area (Å²) in [4.78, 5) is 0. The van der Waals surface area contributed by atoms with Crippen LogP contribution >= 0.6 is 31.7 Å². The van der Waals surface area contributed by atoms with Gasteiger partial charge in [-0.3, -0.25) is 0 Å². The Kier molecular flexibility index (Phi) is 25.9. The minimum Gasteiger partial charge on any atom is -0.139 e. The van der Waals surface area contributed by atoms with Gasteiger partial charge in [-0.1, -0.05) is 364 Å². The third kappa shape index (κ3) is 19.0. The Balaban J connectivity index is 0.000000139. The average Bonchev–Trinajstić information content (AvgIpc) is 3.68. The van der Waals surface area contributed by atoms with Crippen molar-refractivity contribution in [1.82, 2.24) is 15.4 Å². The van der Waals surface area contributed by atoms with Crippen molar-refractivity contribution >= 4 is 95.3 Å². The van der Waals surface area contributed by atoms with E-state index in [1.165, 1.54) is 63.7 Å². The molecule has 3 nitrogen and oxygen atoms in total. The smallest absolute Gasteiger partial charge is 0.0529 e. The fourth-order valence-corrected chi connectivity index (χ4v) is 18.1. The number of hydrogen-bond acceptors (Lipinski definition) is 3. The molecule has 1 aromatic heterocycles. The minimum absolute atomic E-state index is 0. The molecule has 0 aliphatic carbocycles. The predicted octanol–water partition coefficient (Wildman–Crippen LogP) is 13.6. The molecule has 8 heteroatoms. The van der Waals surface area contributed by atoms with E-state index in [4.69, 9.17) is 0 Å². The van der Waals surface area contributed by atoms with E-state index < -0.39 is 31.7 Å². The third-order valence-corrected chi connectivity index (χ3v) is 22.4. The molecule has 408 valence electrons. The van der Waals surface area contributed by atoms with Crippen molar-refractivity contribution in [3.63, 3.8) is 0 Å². The van der Waals surface area contributed by atoms with E-state index in [1.54, 1.807) is 18.5 Å². The third-order valence-electron chi connectivity index (χ3n) is 12.6. The van der Waals surface area contributed by atoms with Crippen LogP contribution in [0, 0.1) is 0 Å². The standard InChI is InChI=1S/4C18H15P.C3H3N3.Pd/c4*1-4-10-16(11-5-1)19(17-12-6-2-7-13-17)18-14-8-3-9-15-18;1-2-4-6-5-3-1;/h4*1-15H;1-3H;. The molecular weight excluding hydrogens is 1170 g/mol. The molecule has 13 rings (SSSR count). The summed E-state index contributed by atoms with van der Waals surface area (Å²) in [5, 5.41) is 26.9. The Morgan fingerprint density at radius 3 is 0.325 bits per heavy atom. The first-order valence-electron chi connectivity index (χ1n) is 27.2. The van der Waals surface area contributed by atoms with Gasteiger partial charge in [0.05, 0.1) is 12.4 Å². The Bertz CT molecular complexity index is 2840. The van der Waals surface area contributed by atoms with Crippen LogP contribution in [0.15, 0.2) is 382 Å². The largest absolute Gasteiger partial charge is 0.139 e. The summed E-state index contributed by atoms with van der Waals surface area (Å²) in [7, 11) is -1.78. The fraction of sp³-hybridized carbons (Fsp3) is 0. The minimum atomic E-state index is -0.446. The fourth-order valence-electron chi connectivity index (χ4n) is 8.92. The molecular formula is C75H63N3P4Pd. The zero-order valence-corrected chi connectivity index (χ0v) is 51.0. The molecule has 0 radical (unpaired) electrons. The quantitative estimate of drug-likeness (QED) is 0.0904. The van der Waals surface area contributed by atoms with Crippen molar-refractivity contribution in [2.24, 2.45) is 0 Å². The van der Waals surface area contributed by atoms with E-state index in [0.717, 1.165) is 0 Å². The van der Waals surface area contributed by atoms with Crippen LogP contribution < -0.4 is 63.7 Å². The van der Waals surface area contributed by atoms with Gasteiger partial charge in [0.1, 0.15) is 0 Å². The summed E-state index contributed by atoms with van der Waals surface area (Å²) in [5.41, 5.74) is 0. The van der Waals surface area contributed by atoms with Crippen LogP contribution in [0.3, 0.4) is 0 Å². The molecule has 0 spiro atoms. The van der Waals surface area contributed by atoms with Crippen LogP contribution in [0.25, 0.3) is 0 Å². The first kappa shape index (κ1) is 61.1. The average molecular weight is 1240 g/mol. The predicted molar refractivity (Wildman–Crippen MR) is 360 cm³/mol. The van der Waals surface area contributed by atoms with Gasteiger partial charge in [0.2, 0.25) is 0 Å². The van der Waals surface area contributed by atoms with Gasteiger partial charge in [0.15, 0.2) is 0 Å². The zero-order chi connectivity index (χ0) is 55.9. The first-order chi connectivity index (χ1) is 40.8. The monoisotopic (exact) mass is 1240 g/mol. The molecule has 0 N–H and O–H groups in total. The van der Waals surface area contributed by atoms with Crippen molar-refractivity contribution in [3.05, 3.63) is 382 Å². The van der Waals surface area contributed by atoms with Crippen LogP contribution in [-0.2, 0) is 20.4 Å². The molecule has 0 amide bonds. The molecule has 0 saturated carbocycles. The van der Waals surface area contributed by atoms with Gasteiger partial charge in [0.25, 0.3) is 0 Å². The van der Waals surface area contributed by atoms with Crippen molar-refractivity contribution in [3.8, 4) is 0 Å². The SMILES string of the molecule is [Pd].c1ccc(P(c2ccccc2)c2ccccc2)cc1.c1ccc(P(c2ccccc2)c2ccccc2)cc1.c1ccc(P(c2ccccc2)c2ccccc2)cc1.c1ccc(P(c2ccccc2)c2ccccc2)cc1.c1cnnnc1. The second kappa shape index (κ2) is 35.1. The molecule has 0 saturated heterocycles. The second-order valence-electron chi connectivity index (χ2n) is 18.2. The molecule has 1 heterocycles. The van der Waals surface area contributed by atoms with E-state index in [-0.39, 0.29) is 20.4 Å². The maximum atomic E-state index is 3.42. The molecule has 12 aromatic carbocycles. The number of nitrogens with zero attached hydrogens (tertiary/aromatic N) is 3. The van der Waals surface area contributed by atoms with Crippen LogP contribution in [0.1, 0.15) is 0 Å². The van der Waals surface area contributed by atoms with E-state index in [9.17, 15) is 0 Å². The van der Waals surface area contributed by atoms with Crippen LogP contribution in [-0.4, -0.2) is 15.4 Å². The maximum absolute atomic E-state index is 3.42. The summed E-state index contributed by atoms with van der Waals surface area (Å²) < 4.78 is 0. The van der Waals surface area contributed by atoms with Crippen molar-refractivity contribution in [2.45, 2.75) is 0 Å². The molecule has 0 aliphatic rings. The summed E-state index contributed by atoms with van der Waals surface area (Å²) in [6, 6.07) is 131. The van der Waals surface area contributed by atoms with Gasteiger partial charge in [-0.25, -0.2) is 0 Å². The van der Waals surface area contributed by atoms with Crippen molar-refractivity contribution < 1.29 is 20.4 Å². The van der Waals surface area contributed by atoms with Gasteiger partial charge in [-0.15, -0.1) is 10.2 Å². The van der Waals surface area contributed by atoms with Crippen LogP contribution in [0.5, 0.6) is 0 Å². The topological polar surface area (TPSA) is 38.7 Å². The van der Waals surface area contributed by atoms with Gasteiger partial charge in [-0.05, 0) is 107 Å². The number of benzene rings is 12. The summed E-state index contributed by atoms with van der Waals surface area (Å²) in [5.74, 6) is 0. The van der Waals surface area contributed by atoms with Crippen LogP contribution in [0.2, 0.25) is 0 Å². The molecule has 0 atom stereocenters. The zero-order valence-electron chi connectivity index (χ0n) is 45.8. The first-order valence-corrected chi connectivity index (χ1v) is 32.6. The van der Waals surface area contributed by atoms with E-state index in [0.29, 0.717) is 0 Å². The molecule has 0 unspecified atom stereocenters. The van der Waals surface area contributed by atoms with E-state index in [2.05, 4.69) is 379 Å². The number of hydrogen-bond donors (Lipinski definition) is 0. The van der Waals surface area contributed by atoms with Gasteiger partial charge >= 0.3 is 0 Å². The maximum Gasteiger partial charge on any atom is 0.0529 e. The number of rotatable bonds is 12. The van der Waals surface area contributed by atoms with Crippen molar-refractivity contribution in [1.29, 1.82) is 0 Å². The summed E-state index contributed by atoms with van der Waals surface area (Å²) in [6.07, 6.45) is 3.15. The Hall–Kier alpha value is -7.97. The Labute approximate surface area is 510 Å². The summed E-state index contributed by atoms with van der Waals surface area (Å²) >= 11 is 0.